The fourth-order valence-electron chi connectivity index (χ4n) is 1.46. The summed E-state index contributed by atoms with van der Waals surface area (Å²) in [6.07, 6.45) is 0. The number of rotatable bonds is 4. The molecule has 0 unspecified atom stereocenters. The number of aliphatic carboxylic acids is 1. The normalized spacial score (nSPS) is 12.9. The molecule has 7 heteroatoms. The van der Waals surface area contributed by atoms with Gasteiger partial charge in [-0.2, -0.15) is 4.31 Å². The predicted octanol–water partition coefficient (Wildman–Crippen LogP) is 1.93. The van der Waals surface area contributed by atoms with Crippen LogP contribution in [-0.4, -0.2) is 35.9 Å². The quantitative estimate of drug-likeness (QED) is 0.919. The van der Waals surface area contributed by atoms with E-state index in [9.17, 15) is 13.2 Å². The predicted molar refractivity (Wildman–Crippen MR) is 70.3 cm³/mol. The Labute approximate surface area is 111 Å². The van der Waals surface area contributed by atoms with Crippen LogP contribution in [0, 0.1) is 6.92 Å². The summed E-state index contributed by atoms with van der Waals surface area (Å²) in [6, 6.07) is 3.22. The summed E-state index contributed by atoms with van der Waals surface area (Å²) < 4.78 is 26.0. The van der Waals surface area contributed by atoms with Gasteiger partial charge in [-0.15, -0.1) is 11.3 Å². The summed E-state index contributed by atoms with van der Waals surface area (Å²) in [5.41, 5.74) is -0.783. The summed E-state index contributed by atoms with van der Waals surface area (Å²) in [5, 5.41) is 8.86. The molecule has 0 spiro atoms. The summed E-state index contributed by atoms with van der Waals surface area (Å²) in [4.78, 5) is 11.7. The van der Waals surface area contributed by atoms with E-state index in [1.54, 1.807) is 26.8 Å². The number of hydrogen-bond donors (Lipinski definition) is 1. The van der Waals surface area contributed by atoms with E-state index in [1.807, 2.05) is 6.92 Å². The number of carboxylic acids is 1. The van der Waals surface area contributed by atoms with Crippen molar-refractivity contribution in [2.75, 3.05) is 6.54 Å². The Morgan fingerprint density at radius 1 is 1.39 bits per heavy atom. The molecule has 1 aromatic rings. The minimum Gasteiger partial charge on any atom is -0.480 e. The number of nitrogens with zero attached hydrogens (tertiary/aromatic N) is 1. The lowest BCUT2D eigenvalue weighted by molar-refractivity contribution is -0.138. The maximum absolute atomic E-state index is 12.4. The van der Waals surface area contributed by atoms with Gasteiger partial charge in [0.1, 0.15) is 10.8 Å². The molecule has 0 aliphatic heterocycles. The summed E-state index contributed by atoms with van der Waals surface area (Å²) in [6.45, 7) is 6.29. The van der Waals surface area contributed by atoms with E-state index in [2.05, 4.69) is 0 Å². The molecule has 1 aromatic heterocycles. The highest BCUT2D eigenvalue weighted by Gasteiger charge is 2.36. The molecule has 0 atom stereocenters. The first-order chi connectivity index (χ1) is 8.05. The third-order valence-electron chi connectivity index (χ3n) is 2.29. The first kappa shape index (κ1) is 15.1. The number of carbonyl (C=O) groups is 1. The Hall–Kier alpha value is -0.920. The molecular weight excluding hydrogens is 274 g/mol. The maximum atomic E-state index is 12.4. The van der Waals surface area contributed by atoms with Crippen molar-refractivity contribution < 1.29 is 18.3 Å². The van der Waals surface area contributed by atoms with E-state index in [0.717, 1.165) is 20.5 Å². The highest BCUT2D eigenvalue weighted by molar-refractivity contribution is 7.91. The highest BCUT2D eigenvalue weighted by atomic mass is 32.2. The molecule has 0 fully saturated rings. The number of sulfonamides is 1. The number of thiophene rings is 1. The molecule has 0 saturated heterocycles. The van der Waals surface area contributed by atoms with Crippen molar-refractivity contribution in [3.63, 3.8) is 0 Å². The van der Waals surface area contributed by atoms with Crippen LogP contribution in [0.15, 0.2) is 16.3 Å². The molecule has 1 rings (SSSR count). The zero-order valence-corrected chi connectivity index (χ0v) is 12.4. The molecule has 102 valence electrons. The van der Waals surface area contributed by atoms with Crippen LogP contribution < -0.4 is 0 Å². The zero-order chi connectivity index (χ0) is 14.1. The molecule has 0 bridgehead atoms. The lowest BCUT2D eigenvalue weighted by atomic mass is 10.1. The largest absolute Gasteiger partial charge is 0.480 e. The minimum absolute atomic E-state index is 0.177. The van der Waals surface area contributed by atoms with Gasteiger partial charge in [-0.3, -0.25) is 4.79 Å². The lowest BCUT2D eigenvalue weighted by Gasteiger charge is -2.32. The van der Waals surface area contributed by atoms with E-state index in [4.69, 9.17) is 5.11 Å². The minimum atomic E-state index is -3.76. The van der Waals surface area contributed by atoms with Crippen LogP contribution in [0.5, 0.6) is 0 Å². The van der Waals surface area contributed by atoms with Gasteiger partial charge in [-0.1, -0.05) is 0 Å². The SMILES string of the molecule is Cc1ccc(S(=O)(=O)N(CC(=O)O)C(C)(C)C)s1. The maximum Gasteiger partial charge on any atom is 0.318 e. The first-order valence-corrected chi connectivity index (χ1v) is 7.62. The second-order valence-electron chi connectivity index (χ2n) is 4.94. The van der Waals surface area contributed by atoms with Crippen LogP contribution >= 0.6 is 11.3 Å². The fourth-order valence-corrected chi connectivity index (χ4v) is 4.60. The average Bonchev–Trinajstić information content (AvgIpc) is 2.59. The van der Waals surface area contributed by atoms with Crippen molar-refractivity contribution in [2.45, 2.75) is 37.4 Å². The smallest absolute Gasteiger partial charge is 0.318 e. The third kappa shape index (κ3) is 3.30. The second kappa shape index (κ2) is 4.99. The summed E-state index contributed by atoms with van der Waals surface area (Å²) in [7, 11) is -3.76. The lowest BCUT2D eigenvalue weighted by Crippen LogP contribution is -2.47. The van der Waals surface area contributed by atoms with Gasteiger partial charge >= 0.3 is 5.97 Å². The van der Waals surface area contributed by atoms with E-state index in [0.29, 0.717) is 0 Å². The Kier molecular flexibility index (Phi) is 4.19. The molecule has 0 amide bonds. The molecule has 0 aromatic carbocycles. The van der Waals surface area contributed by atoms with Crippen molar-refractivity contribution >= 4 is 27.3 Å². The topological polar surface area (TPSA) is 74.7 Å². The molecule has 0 saturated carbocycles. The van der Waals surface area contributed by atoms with Gasteiger partial charge in [-0.25, -0.2) is 8.42 Å². The van der Waals surface area contributed by atoms with Gasteiger partial charge in [0, 0.05) is 10.4 Å². The van der Waals surface area contributed by atoms with Crippen LogP contribution in [0.2, 0.25) is 0 Å². The molecule has 1 heterocycles. The van der Waals surface area contributed by atoms with Gasteiger partial charge < -0.3 is 5.11 Å². The fraction of sp³-hybridized carbons (Fsp3) is 0.545. The zero-order valence-electron chi connectivity index (χ0n) is 10.8. The van der Waals surface area contributed by atoms with Crippen LogP contribution in [-0.2, 0) is 14.8 Å². The molecule has 0 aliphatic rings. The molecule has 5 nitrogen and oxygen atoms in total. The number of hydrogen-bond acceptors (Lipinski definition) is 4. The van der Waals surface area contributed by atoms with E-state index in [-0.39, 0.29) is 4.21 Å². The first-order valence-electron chi connectivity index (χ1n) is 5.36. The Bertz CT molecular complexity index is 540. The van der Waals surface area contributed by atoms with Crippen LogP contribution in [0.25, 0.3) is 0 Å². The van der Waals surface area contributed by atoms with Crippen molar-refractivity contribution in [3.8, 4) is 0 Å². The average molecular weight is 291 g/mol. The molecular formula is C11H17NO4S2. The monoisotopic (exact) mass is 291 g/mol. The molecule has 1 N–H and O–H groups in total. The summed E-state index contributed by atoms with van der Waals surface area (Å²) in [5.74, 6) is -1.17. The van der Waals surface area contributed by atoms with E-state index in [1.165, 1.54) is 6.07 Å². The van der Waals surface area contributed by atoms with Crippen molar-refractivity contribution in [1.82, 2.24) is 4.31 Å². The van der Waals surface area contributed by atoms with Gasteiger partial charge in [0.2, 0.25) is 0 Å². The standard InChI is InChI=1S/C11H17NO4S2/c1-8-5-6-10(17-8)18(15,16)12(7-9(13)14)11(2,3)4/h5-6H,7H2,1-4H3,(H,13,14). The van der Waals surface area contributed by atoms with Crippen molar-refractivity contribution in [2.24, 2.45) is 0 Å². The van der Waals surface area contributed by atoms with Gasteiger partial charge in [0.05, 0.1) is 0 Å². The molecule has 18 heavy (non-hydrogen) atoms. The van der Waals surface area contributed by atoms with Gasteiger partial charge in [-0.05, 0) is 39.8 Å². The number of carboxylic acid groups (broad SMARTS) is 1. The molecule has 0 aliphatic carbocycles. The Balaban J connectivity index is 3.24. The highest BCUT2D eigenvalue weighted by Crippen LogP contribution is 2.28. The Morgan fingerprint density at radius 2 is 1.94 bits per heavy atom. The van der Waals surface area contributed by atoms with Crippen LogP contribution in [0.4, 0.5) is 0 Å². The van der Waals surface area contributed by atoms with Crippen LogP contribution in [0.1, 0.15) is 25.6 Å². The van der Waals surface area contributed by atoms with Crippen LogP contribution in [0.3, 0.4) is 0 Å². The third-order valence-corrected chi connectivity index (χ3v) is 5.87. The summed E-state index contributed by atoms with van der Waals surface area (Å²) >= 11 is 1.14. The molecule has 0 radical (unpaired) electrons. The number of aryl methyl sites for hydroxylation is 1. The Morgan fingerprint density at radius 3 is 2.28 bits per heavy atom. The van der Waals surface area contributed by atoms with E-state index < -0.39 is 28.1 Å². The van der Waals surface area contributed by atoms with E-state index >= 15 is 0 Å². The second-order valence-corrected chi connectivity index (χ2v) is 8.32. The van der Waals surface area contributed by atoms with Gasteiger partial charge in [0.15, 0.2) is 0 Å². The van der Waals surface area contributed by atoms with Gasteiger partial charge in [0.25, 0.3) is 10.0 Å². The van der Waals surface area contributed by atoms with Crippen molar-refractivity contribution in [1.29, 1.82) is 0 Å². The van der Waals surface area contributed by atoms with Crippen molar-refractivity contribution in [3.05, 3.63) is 17.0 Å².